The maximum Gasteiger partial charge on any atom is 0.243 e. The summed E-state index contributed by atoms with van der Waals surface area (Å²) < 4.78 is 5.19. The van der Waals surface area contributed by atoms with Crippen LogP contribution in [0.5, 0.6) is 5.75 Å². The highest BCUT2D eigenvalue weighted by atomic mass is 35.5. The van der Waals surface area contributed by atoms with E-state index in [4.69, 9.17) is 27.9 Å². The number of hydrogen-bond donors (Lipinski definition) is 1. The molecule has 0 spiro atoms. The topological polar surface area (TPSA) is 58.6 Å². The zero-order valence-electron chi connectivity index (χ0n) is 19.6. The van der Waals surface area contributed by atoms with Crippen LogP contribution in [0.3, 0.4) is 0 Å². The Morgan fingerprint density at radius 3 is 2.24 bits per heavy atom. The van der Waals surface area contributed by atoms with E-state index in [1.54, 1.807) is 30.2 Å². The fourth-order valence-electron chi connectivity index (χ4n) is 3.28. The van der Waals surface area contributed by atoms with E-state index < -0.39 is 6.04 Å². The zero-order chi connectivity index (χ0) is 24.4. The van der Waals surface area contributed by atoms with Crippen molar-refractivity contribution in [2.24, 2.45) is 0 Å². The van der Waals surface area contributed by atoms with Gasteiger partial charge in [0, 0.05) is 33.9 Å². The number of nitrogens with zero attached hydrogens (tertiary/aromatic N) is 1. The molecule has 0 unspecified atom stereocenters. The van der Waals surface area contributed by atoms with Crippen molar-refractivity contribution in [3.05, 3.63) is 63.6 Å². The highest BCUT2D eigenvalue weighted by Crippen LogP contribution is 2.27. The van der Waals surface area contributed by atoms with Crippen molar-refractivity contribution in [1.29, 1.82) is 0 Å². The van der Waals surface area contributed by atoms with Gasteiger partial charge in [-0.1, -0.05) is 55.2 Å². The quantitative estimate of drug-likeness (QED) is 0.382. The van der Waals surface area contributed by atoms with E-state index in [9.17, 15) is 9.59 Å². The first-order valence-electron chi connectivity index (χ1n) is 11.0. The fraction of sp³-hybridized carbons (Fsp3) is 0.440. The normalized spacial score (nSPS) is 12.7. The van der Waals surface area contributed by atoms with Crippen LogP contribution in [0.4, 0.5) is 0 Å². The Balaban J connectivity index is 2.18. The third kappa shape index (κ3) is 8.13. The fourth-order valence-corrected chi connectivity index (χ4v) is 4.66. The highest BCUT2D eigenvalue weighted by Gasteiger charge is 2.30. The molecule has 0 bridgehead atoms. The molecular weight excluding hydrogens is 479 g/mol. The second-order valence-electron chi connectivity index (χ2n) is 7.80. The SMILES string of the molecule is CC[C@@H](C)NC(=O)[C@@H](CC)N(Cc1c(Cl)cccc1Cl)C(=O)CSCc1ccc(OC)cc1. The number of rotatable bonds is 12. The summed E-state index contributed by atoms with van der Waals surface area (Å²) in [6.45, 7) is 6.03. The largest absolute Gasteiger partial charge is 0.497 e. The number of thioether (sulfide) groups is 1. The van der Waals surface area contributed by atoms with Crippen LogP contribution in [0, 0.1) is 0 Å². The second-order valence-corrected chi connectivity index (χ2v) is 9.60. The molecule has 0 fully saturated rings. The van der Waals surface area contributed by atoms with Gasteiger partial charge in [-0.15, -0.1) is 11.8 Å². The van der Waals surface area contributed by atoms with E-state index in [0.717, 1.165) is 17.7 Å². The maximum atomic E-state index is 13.3. The lowest BCUT2D eigenvalue weighted by Gasteiger charge is -2.32. The number of halogens is 2. The van der Waals surface area contributed by atoms with E-state index >= 15 is 0 Å². The van der Waals surface area contributed by atoms with Gasteiger partial charge < -0.3 is 15.0 Å². The van der Waals surface area contributed by atoms with E-state index in [-0.39, 0.29) is 30.2 Å². The molecule has 5 nitrogen and oxygen atoms in total. The standard InChI is InChI=1S/C25H32Cl2N2O3S/c1-5-17(3)28-25(31)23(6-2)29(14-20-21(26)8-7-9-22(20)27)24(30)16-33-15-18-10-12-19(32-4)13-11-18/h7-13,17,23H,5-6,14-16H2,1-4H3,(H,28,31)/t17-,23-/m1/s1. The van der Waals surface area contributed by atoms with E-state index in [1.165, 1.54) is 11.8 Å². The van der Waals surface area contributed by atoms with Gasteiger partial charge in [0.1, 0.15) is 11.8 Å². The summed E-state index contributed by atoms with van der Waals surface area (Å²) in [5.74, 6) is 1.41. The van der Waals surface area contributed by atoms with Crippen LogP contribution in [0.15, 0.2) is 42.5 Å². The Hall–Kier alpha value is -1.89. The molecule has 2 amide bonds. The van der Waals surface area contributed by atoms with Crippen molar-refractivity contribution < 1.29 is 14.3 Å². The summed E-state index contributed by atoms with van der Waals surface area (Å²) in [5, 5.41) is 3.96. The van der Waals surface area contributed by atoms with Crippen molar-refractivity contribution >= 4 is 46.8 Å². The van der Waals surface area contributed by atoms with Gasteiger partial charge in [0.25, 0.3) is 0 Å². The van der Waals surface area contributed by atoms with E-state index in [2.05, 4.69) is 5.32 Å². The number of ether oxygens (including phenoxy) is 1. The highest BCUT2D eigenvalue weighted by molar-refractivity contribution is 7.99. The molecule has 0 saturated carbocycles. The minimum absolute atomic E-state index is 0.0249. The average Bonchev–Trinajstić information content (AvgIpc) is 2.81. The number of methoxy groups -OCH3 is 1. The van der Waals surface area contributed by atoms with Crippen molar-refractivity contribution in [1.82, 2.24) is 10.2 Å². The summed E-state index contributed by atoms with van der Waals surface area (Å²) in [4.78, 5) is 28.0. The molecule has 0 aliphatic heterocycles. The minimum Gasteiger partial charge on any atom is -0.497 e. The van der Waals surface area contributed by atoms with Crippen molar-refractivity contribution in [2.75, 3.05) is 12.9 Å². The zero-order valence-corrected chi connectivity index (χ0v) is 21.9. The predicted molar refractivity (Wildman–Crippen MR) is 138 cm³/mol. The lowest BCUT2D eigenvalue weighted by molar-refractivity contribution is -0.139. The molecule has 180 valence electrons. The third-order valence-corrected chi connectivity index (χ3v) is 7.13. The molecule has 0 aliphatic carbocycles. The number of carbonyl (C=O) groups is 2. The summed E-state index contributed by atoms with van der Waals surface area (Å²) in [6.07, 6.45) is 1.30. The number of amides is 2. The Bertz CT molecular complexity index is 904. The van der Waals surface area contributed by atoms with Crippen molar-refractivity contribution in [3.63, 3.8) is 0 Å². The first-order chi connectivity index (χ1) is 15.8. The van der Waals surface area contributed by atoms with Gasteiger partial charge in [-0.2, -0.15) is 0 Å². The smallest absolute Gasteiger partial charge is 0.243 e. The number of carbonyl (C=O) groups excluding carboxylic acids is 2. The first-order valence-corrected chi connectivity index (χ1v) is 12.9. The Morgan fingerprint density at radius 2 is 1.70 bits per heavy atom. The lowest BCUT2D eigenvalue weighted by atomic mass is 10.1. The lowest BCUT2D eigenvalue weighted by Crippen LogP contribution is -2.51. The number of benzene rings is 2. The van der Waals surface area contributed by atoms with Gasteiger partial charge in [0.15, 0.2) is 0 Å². The predicted octanol–water partition coefficient (Wildman–Crippen LogP) is 5.96. The molecule has 0 saturated heterocycles. The molecule has 0 aliphatic rings. The Kier molecular flexibility index (Phi) is 11.4. The van der Waals surface area contributed by atoms with E-state index in [0.29, 0.717) is 27.8 Å². The van der Waals surface area contributed by atoms with Crippen LogP contribution in [-0.4, -0.2) is 41.7 Å². The van der Waals surface area contributed by atoms with Crippen LogP contribution in [0.2, 0.25) is 10.0 Å². The van der Waals surface area contributed by atoms with Gasteiger partial charge in [0.05, 0.1) is 12.9 Å². The van der Waals surface area contributed by atoms with Crippen LogP contribution >= 0.6 is 35.0 Å². The number of hydrogen-bond acceptors (Lipinski definition) is 4. The van der Waals surface area contributed by atoms with E-state index in [1.807, 2.05) is 45.0 Å². The van der Waals surface area contributed by atoms with Crippen LogP contribution in [-0.2, 0) is 21.9 Å². The molecule has 2 rings (SSSR count). The monoisotopic (exact) mass is 510 g/mol. The molecule has 33 heavy (non-hydrogen) atoms. The summed E-state index contributed by atoms with van der Waals surface area (Å²) >= 11 is 14.3. The van der Waals surface area contributed by atoms with Gasteiger partial charge >= 0.3 is 0 Å². The van der Waals surface area contributed by atoms with Crippen molar-refractivity contribution in [2.45, 2.75) is 58.0 Å². The average molecular weight is 512 g/mol. The van der Waals surface area contributed by atoms with Crippen molar-refractivity contribution in [3.8, 4) is 5.75 Å². The molecule has 1 N–H and O–H groups in total. The minimum atomic E-state index is -0.611. The Labute approximate surface area is 211 Å². The molecule has 0 radical (unpaired) electrons. The Morgan fingerprint density at radius 1 is 1.06 bits per heavy atom. The summed E-state index contributed by atoms with van der Waals surface area (Å²) in [6, 6.07) is 12.4. The molecular formula is C25H32Cl2N2O3S. The van der Waals surface area contributed by atoms with Gasteiger partial charge in [-0.3, -0.25) is 9.59 Å². The van der Waals surface area contributed by atoms with Gasteiger partial charge in [-0.25, -0.2) is 0 Å². The van der Waals surface area contributed by atoms with Crippen LogP contribution in [0.25, 0.3) is 0 Å². The summed E-state index contributed by atoms with van der Waals surface area (Å²) in [5.41, 5.74) is 1.74. The van der Waals surface area contributed by atoms with Gasteiger partial charge in [0.2, 0.25) is 11.8 Å². The molecule has 8 heteroatoms. The molecule has 2 aromatic rings. The van der Waals surface area contributed by atoms with Crippen LogP contribution in [0.1, 0.15) is 44.7 Å². The number of nitrogens with one attached hydrogen (secondary N) is 1. The maximum absolute atomic E-state index is 13.3. The first kappa shape index (κ1) is 27.4. The molecule has 2 atom stereocenters. The molecule has 2 aromatic carbocycles. The molecule has 0 heterocycles. The molecule has 0 aromatic heterocycles. The second kappa shape index (κ2) is 13.7. The van der Waals surface area contributed by atoms with Crippen LogP contribution < -0.4 is 10.1 Å². The van der Waals surface area contributed by atoms with Gasteiger partial charge in [-0.05, 0) is 49.6 Å². The third-order valence-electron chi connectivity index (χ3n) is 5.43. The summed E-state index contributed by atoms with van der Waals surface area (Å²) in [7, 11) is 1.63.